The normalized spacial score (nSPS) is 17.0. The molecule has 1 aromatic heterocycles. The number of nitrogens with one attached hydrogen (secondary N) is 2. The summed E-state index contributed by atoms with van der Waals surface area (Å²) in [6.45, 7) is 0.250. The molecule has 0 saturated heterocycles. The summed E-state index contributed by atoms with van der Waals surface area (Å²) in [6, 6.07) is 7.51. The summed E-state index contributed by atoms with van der Waals surface area (Å²) in [6.07, 6.45) is 1.57. The van der Waals surface area contributed by atoms with Gasteiger partial charge in [-0.2, -0.15) is 0 Å². The first-order valence-corrected chi connectivity index (χ1v) is 6.53. The van der Waals surface area contributed by atoms with Crippen LogP contribution in [-0.4, -0.2) is 11.8 Å². The molecular weight excluding hydrogens is 275 g/mol. The summed E-state index contributed by atoms with van der Waals surface area (Å²) in [5.41, 5.74) is 0.970. The van der Waals surface area contributed by atoms with Crippen LogP contribution in [0.3, 0.4) is 0 Å². The average molecular weight is 288 g/mol. The highest BCUT2D eigenvalue weighted by Gasteiger charge is 2.30. The number of carbonyl (C=O) groups excluding carboxylic acids is 2. The first-order valence-electron chi connectivity index (χ1n) is 6.53. The quantitative estimate of drug-likeness (QED) is 0.909. The van der Waals surface area contributed by atoms with Crippen LogP contribution in [0.15, 0.2) is 41.0 Å². The molecule has 1 aliphatic rings. The Balaban J connectivity index is 1.78. The largest absolute Gasteiger partial charge is 0.467 e. The highest BCUT2D eigenvalue weighted by molar-refractivity contribution is 6.01. The summed E-state index contributed by atoms with van der Waals surface area (Å²) < 4.78 is 18.4. The molecule has 3 rings (SSSR count). The van der Waals surface area contributed by atoms with E-state index in [0.29, 0.717) is 17.0 Å². The van der Waals surface area contributed by atoms with Crippen molar-refractivity contribution in [3.8, 4) is 0 Å². The van der Waals surface area contributed by atoms with Crippen molar-refractivity contribution in [2.75, 3.05) is 5.32 Å². The Morgan fingerprint density at radius 1 is 1.43 bits per heavy atom. The van der Waals surface area contributed by atoms with E-state index in [2.05, 4.69) is 10.6 Å². The Morgan fingerprint density at radius 3 is 3.05 bits per heavy atom. The number of halogens is 1. The molecule has 0 saturated carbocycles. The molecule has 21 heavy (non-hydrogen) atoms. The van der Waals surface area contributed by atoms with Crippen LogP contribution in [0.4, 0.5) is 10.1 Å². The lowest BCUT2D eigenvalue weighted by Gasteiger charge is -2.24. The molecule has 0 fully saturated rings. The Morgan fingerprint density at radius 2 is 2.29 bits per heavy atom. The summed E-state index contributed by atoms with van der Waals surface area (Å²) in [4.78, 5) is 23.9. The number of furan rings is 1. The molecule has 6 heteroatoms. The second-order valence-corrected chi connectivity index (χ2v) is 4.83. The zero-order valence-electron chi connectivity index (χ0n) is 11.1. The van der Waals surface area contributed by atoms with Crippen molar-refractivity contribution in [3.63, 3.8) is 0 Å². The highest BCUT2D eigenvalue weighted by atomic mass is 19.1. The van der Waals surface area contributed by atoms with Gasteiger partial charge in [-0.3, -0.25) is 9.59 Å². The zero-order valence-corrected chi connectivity index (χ0v) is 11.1. The predicted octanol–water partition coefficient (Wildman–Crippen LogP) is 2.16. The maximum Gasteiger partial charge on any atom is 0.228 e. The molecule has 2 N–H and O–H groups in total. The average Bonchev–Trinajstić information content (AvgIpc) is 2.96. The molecule has 1 aromatic carbocycles. The van der Waals surface area contributed by atoms with E-state index in [1.54, 1.807) is 12.1 Å². The maximum atomic E-state index is 13.2. The SMILES string of the molecule is O=C1C[C@H](C(=O)NCc2ccco2)c2ccc(F)cc2N1. The van der Waals surface area contributed by atoms with Gasteiger partial charge in [-0.25, -0.2) is 4.39 Å². The molecular formula is C15H13FN2O3. The van der Waals surface area contributed by atoms with Crippen molar-refractivity contribution in [3.05, 3.63) is 53.7 Å². The fourth-order valence-corrected chi connectivity index (χ4v) is 2.38. The molecule has 2 aromatic rings. The number of fused-ring (bicyclic) bond motifs is 1. The van der Waals surface area contributed by atoms with Crippen molar-refractivity contribution in [2.45, 2.75) is 18.9 Å². The van der Waals surface area contributed by atoms with Gasteiger partial charge in [0.1, 0.15) is 11.6 Å². The van der Waals surface area contributed by atoms with E-state index in [4.69, 9.17) is 4.42 Å². The molecule has 5 nitrogen and oxygen atoms in total. The minimum Gasteiger partial charge on any atom is -0.467 e. The number of hydrogen-bond acceptors (Lipinski definition) is 3. The van der Waals surface area contributed by atoms with Crippen LogP contribution in [0, 0.1) is 5.82 Å². The Bertz CT molecular complexity index is 682. The molecule has 0 bridgehead atoms. The molecule has 108 valence electrons. The molecule has 0 aliphatic carbocycles. The van der Waals surface area contributed by atoms with E-state index in [1.165, 1.54) is 24.5 Å². The monoisotopic (exact) mass is 288 g/mol. The lowest BCUT2D eigenvalue weighted by molar-refractivity contribution is -0.126. The summed E-state index contributed by atoms with van der Waals surface area (Å²) in [5, 5.41) is 5.30. The van der Waals surface area contributed by atoms with Gasteiger partial charge in [-0.05, 0) is 29.8 Å². The molecule has 0 spiro atoms. The van der Waals surface area contributed by atoms with Crippen molar-refractivity contribution in [1.29, 1.82) is 0 Å². The number of carbonyl (C=O) groups is 2. The third kappa shape index (κ3) is 2.79. The van der Waals surface area contributed by atoms with E-state index in [1.807, 2.05) is 0 Å². The van der Waals surface area contributed by atoms with Crippen molar-refractivity contribution >= 4 is 17.5 Å². The van der Waals surface area contributed by atoms with Gasteiger partial charge in [0.05, 0.1) is 18.7 Å². The zero-order chi connectivity index (χ0) is 14.8. The van der Waals surface area contributed by atoms with Crippen LogP contribution in [-0.2, 0) is 16.1 Å². The topological polar surface area (TPSA) is 71.3 Å². The Hall–Kier alpha value is -2.63. The van der Waals surface area contributed by atoms with Gasteiger partial charge in [0.25, 0.3) is 0 Å². The van der Waals surface area contributed by atoms with Gasteiger partial charge in [-0.15, -0.1) is 0 Å². The predicted molar refractivity (Wildman–Crippen MR) is 72.9 cm³/mol. The lowest BCUT2D eigenvalue weighted by Crippen LogP contribution is -2.34. The van der Waals surface area contributed by atoms with Crippen LogP contribution in [0.25, 0.3) is 0 Å². The maximum absolute atomic E-state index is 13.2. The summed E-state index contributed by atoms with van der Waals surface area (Å²) >= 11 is 0. The van der Waals surface area contributed by atoms with Gasteiger partial charge in [0.2, 0.25) is 11.8 Å². The minimum absolute atomic E-state index is 0.0443. The number of rotatable bonds is 3. The summed E-state index contributed by atoms with van der Waals surface area (Å²) in [5.74, 6) is -1.03. The third-order valence-corrected chi connectivity index (χ3v) is 3.39. The smallest absolute Gasteiger partial charge is 0.228 e. The van der Waals surface area contributed by atoms with Crippen molar-refractivity contribution in [1.82, 2.24) is 5.32 Å². The van der Waals surface area contributed by atoms with E-state index in [9.17, 15) is 14.0 Å². The van der Waals surface area contributed by atoms with Crippen molar-refractivity contribution in [2.24, 2.45) is 0 Å². The van der Waals surface area contributed by atoms with Gasteiger partial charge in [-0.1, -0.05) is 6.07 Å². The minimum atomic E-state index is -0.621. The van der Waals surface area contributed by atoms with E-state index >= 15 is 0 Å². The molecule has 2 amide bonds. The molecule has 1 atom stereocenters. The second-order valence-electron chi connectivity index (χ2n) is 4.83. The first kappa shape index (κ1) is 13.4. The number of hydrogen-bond donors (Lipinski definition) is 2. The molecule has 0 unspecified atom stereocenters. The molecule has 2 heterocycles. The number of anilines is 1. The Labute approximate surface area is 120 Å². The number of benzene rings is 1. The van der Waals surface area contributed by atoms with Gasteiger partial charge in [0.15, 0.2) is 0 Å². The standard InChI is InChI=1S/C15H13FN2O3/c16-9-3-4-11-12(7-14(19)18-13(11)6-9)15(20)17-8-10-2-1-5-21-10/h1-6,12H,7-8H2,(H,17,20)(H,18,19)/t12-/m0/s1. The van der Waals surface area contributed by atoms with Crippen molar-refractivity contribution < 1.29 is 18.4 Å². The highest BCUT2D eigenvalue weighted by Crippen LogP contribution is 2.32. The Kier molecular flexibility index (Phi) is 3.43. The third-order valence-electron chi connectivity index (χ3n) is 3.39. The fourth-order valence-electron chi connectivity index (χ4n) is 2.38. The fraction of sp³-hybridized carbons (Fsp3) is 0.200. The number of amides is 2. The van der Waals surface area contributed by atoms with Gasteiger partial charge in [0, 0.05) is 12.1 Å². The van der Waals surface area contributed by atoms with Crippen LogP contribution in [0.1, 0.15) is 23.7 Å². The van der Waals surface area contributed by atoms with E-state index in [-0.39, 0.29) is 24.8 Å². The second kappa shape index (κ2) is 5.40. The van der Waals surface area contributed by atoms with Crippen LogP contribution in [0.5, 0.6) is 0 Å². The van der Waals surface area contributed by atoms with Gasteiger partial charge < -0.3 is 15.1 Å². The summed E-state index contributed by atoms with van der Waals surface area (Å²) in [7, 11) is 0. The van der Waals surface area contributed by atoms with Gasteiger partial charge >= 0.3 is 0 Å². The molecule has 1 aliphatic heterocycles. The van der Waals surface area contributed by atoms with Crippen LogP contribution < -0.4 is 10.6 Å². The van der Waals surface area contributed by atoms with Crippen LogP contribution >= 0.6 is 0 Å². The van der Waals surface area contributed by atoms with Crippen LogP contribution in [0.2, 0.25) is 0 Å². The lowest BCUT2D eigenvalue weighted by atomic mass is 9.89. The first-order chi connectivity index (χ1) is 10.1. The molecule has 0 radical (unpaired) electrons. The van der Waals surface area contributed by atoms with E-state index < -0.39 is 11.7 Å². The van der Waals surface area contributed by atoms with E-state index in [0.717, 1.165) is 0 Å².